The molecule has 1 rings (SSSR count). The molecule has 1 heterocycles. The fourth-order valence-electron chi connectivity index (χ4n) is 1.01. The summed E-state index contributed by atoms with van der Waals surface area (Å²) in [5, 5.41) is 0. The van der Waals surface area contributed by atoms with Crippen molar-refractivity contribution in [3.05, 3.63) is 17.7 Å². The van der Waals surface area contributed by atoms with Gasteiger partial charge in [-0.15, -0.1) is 0 Å². The van der Waals surface area contributed by atoms with Gasteiger partial charge in [-0.2, -0.15) is 0 Å². The molecule has 0 atom stereocenters. The van der Waals surface area contributed by atoms with Crippen molar-refractivity contribution < 1.29 is 9.63 Å². The molecule has 66 valence electrons. The van der Waals surface area contributed by atoms with Gasteiger partial charge >= 0.3 is 0 Å². The molecule has 0 aliphatic carbocycles. The van der Waals surface area contributed by atoms with E-state index in [2.05, 4.69) is 15.3 Å². The van der Waals surface area contributed by atoms with Crippen molar-refractivity contribution in [2.75, 3.05) is 7.11 Å². The average Bonchev–Trinajstić information content (AvgIpc) is 2.32. The molecule has 0 fully saturated rings. The fourth-order valence-corrected chi connectivity index (χ4v) is 1.01. The lowest BCUT2D eigenvalue weighted by Gasteiger charge is -2.02. The zero-order valence-corrected chi connectivity index (χ0v) is 7.29. The van der Waals surface area contributed by atoms with Crippen molar-refractivity contribution in [3.63, 3.8) is 0 Å². The molecule has 0 saturated carbocycles. The van der Waals surface area contributed by atoms with E-state index in [4.69, 9.17) is 0 Å². The second-order valence-corrected chi connectivity index (χ2v) is 2.42. The van der Waals surface area contributed by atoms with Gasteiger partial charge in [-0.25, -0.2) is 10.5 Å². The van der Waals surface area contributed by atoms with E-state index in [-0.39, 0.29) is 5.91 Å². The quantitative estimate of drug-likeness (QED) is 0.635. The van der Waals surface area contributed by atoms with E-state index >= 15 is 0 Å². The largest absolute Gasteiger partial charge is 0.329 e. The standard InChI is InChI=1S/C7H11N3O2/c1-5-6(7(11)9-12-3)10(2)4-8-5/h4H,1-3H3,(H,9,11). The lowest BCUT2D eigenvalue weighted by molar-refractivity contribution is 0.0528. The summed E-state index contributed by atoms with van der Waals surface area (Å²) >= 11 is 0. The van der Waals surface area contributed by atoms with Crippen LogP contribution in [0.3, 0.4) is 0 Å². The SMILES string of the molecule is CONC(=O)c1c(C)ncn1C. The lowest BCUT2D eigenvalue weighted by atomic mass is 10.3. The smallest absolute Gasteiger partial charge is 0.293 e. The Balaban J connectivity index is 2.93. The Hall–Kier alpha value is -1.36. The molecular weight excluding hydrogens is 158 g/mol. The summed E-state index contributed by atoms with van der Waals surface area (Å²) in [6.45, 7) is 1.77. The van der Waals surface area contributed by atoms with Crippen LogP contribution in [0.25, 0.3) is 0 Å². The van der Waals surface area contributed by atoms with E-state index in [1.165, 1.54) is 7.11 Å². The summed E-state index contributed by atoms with van der Waals surface area (Å²) < 4.78 is 1.64. The molecule has 0 radical (unpaired) electrons. The van der Waals surface area contributed by atoms with Crippen molar-refractivity contribution in [2.24, 2.45) is 7.05 Å². The van der Waals surface area contributed by atoms with E-state index in [1.54, 1.807) is 24.9 Å². The van der Waals surface area contributed by atoms with Crippen LogP contribution >= 0.6 is 0 Å². The van der Waals surface area contributed by atoms with Gasteiger partial charge < -0.3 is 4.57 Å². The van der Waals surface area contributed by atoms with Crippen molar-refractivity contribution in [2.45, 2.75) is 6.92 Å². The highest BCUT2D eigenvalue weighted by Crippen LogP contribution is 2.03. The molecule has 12 heavy (non-hydrogen) atoms. The van der Waals surface area contributed by atoms with Gasteiger partial charge in [0.25, 0.3) is 5.91 Å². The van der Waals surface area contributed by atoms with Crippen LogP contribution in [0.15, 0.2) is 6.33 Å². The molecule has 0 saturated heterocycles. The Morgan fingerprint density at radius 3 is 2.83 bits per heavy atom. The molecule has 1 N–H and O–H groups in total. The Labute approximate surface area is 70.3 Å². The lowest BCUT2D eigenvalue weighted by Crippen LogP contribution is -2.24. The van der Waals surface area contributed by atoms with Crippen LogP contribution in [0.4, 0.5) is 0 Å². The molecule has 1 aromatic rings. The number of amides is 1. The number of hydrogen-bond acceptors (Lipinski definition) is 3. The number of hydroxylamine groups is 1. The predicted octanol–water partition coefficient (Wildman–Crippen LogP) is 0.0197. The number of hydrogen-bond donors (Lipinski definition) is 1. The van der Waals surface area contributed by atoms with Crippen LogP contribution in [0.5, 0.6) is 0 Å². The summed E-state index contributed by atoms with van der Waals surface area (Å²) in [4.78, 5) is 19.7. The molecular formula is C7H11N3O2. The fraction of sp³-hybridized carbons (Fsp3) is 0.429. The number of nitrogens with one attached hydrogen (secondary N) is 1. The van der Waals surface area contributed by atoms with Gasteiger partial charge in [0.15, 0.2) is 0 Å². The van der Waals surface area contributed by atoms with Crippen molar-refractivity contribution in [3.8, 4) is 0 Å². The third kappa shape index (κ3) is 1.45. The molecule has 1 aromatic heterocycles. The minimum Gasteiger partial charge on any atom is -0.329 e. The van der Waals surface area contributed by atoms with E-state index in [9.17, 15) is 4.79 Å². The average molecular weight is 169 g/mol. The Morgan fingerprint density at radius 2 is 2.42 bits per heavy atom. The zero-order valence-electron chi connectivity index (χ0n) is 7.29. The zero-order chi connectivity index (χ0) is 9.14. The summed E-state index contributed by atoms with van der Waals surface area (Å²) in [5.74, 6) is -0.282. The second kappa shape index (κ2) is 3.36. The first-order chi connectivity index (χ1) is 5.66. The molecule has 0 bridgehead atoms. The van der Waals surface area contributed by atoms with Crippen molar-refractivity contribution in [1.82, 2.24) is 15.0 Å². The highest BCUT2D eigenvalue weighted by molar-refractivity contribution is 5.92. The van der Waals surface area contributed by atoms with Crippen molar-refractivity contribution in [1.29, 1.82) is 0 Å². The molecule has 1 amide bonds. The molecule has 5 heteroatoms. The molecule has 0 aromatic carbocycles. The predicted molar refractivity (Wildman–Crippen MR) is 42.4 cm³/mol. The normalized spacial score (nSPS) is 9.92. The van der Waals surface area contributed by atoms with Crippen molar-refractivity contribution >= 4 is 5.91 Å². The summed E-state index contributed by atoms with van der Waals surface area (Å²) in [6.07, 6.45) is 1.58. The first-order valence-electron chi connectivity index (χ1n) is 3.48. The molecule has 0 aliphatic rings. The topological polar surface area (TPSA) is 56.1 Å². The van der Waals surface area contributed by atoms with Crippen LogP contribution in [-0.4, -0.2) is 22.6 Å². The number of aromatic nitrogens is 2. The van der Waals surface area contributed by atoms with E-state index < -0.39 is 0 Å². The van der Waals surface area contributed by atoms with Gasteiger partial charge in [-0.1, -0.05) is 0 Å². The highest BCUT2D eigenvalue weighted by Gasteiger charge is 2.12. The number of carbonyl (C=O) groups is 1. The van der Waals surface area contributed by atoms with Crippen LogP contribution in [0, 0.1) is 6.92 Å². The van der Waals surface area contributed by atoms with Gasteiger partial charge in [0, 0.05) is 7.05 Å². The van der Waals surface area contributed by atoms with Crippen LogP contribution in [0.1, 0.15) is 16.2 Å². The summed E-state index contributed by atoms with van der Waals surface area (Å²) in [7, 11) is 3.15. The van der Waals surface area contributed by atoms with Gasteiger partial charge in [0.1, 0.15) is 5.69 Å². The van der Waals surface area contributed by atoms with E-state index in [0.717, 1.165) is 0 Å². The monoisotopic (exact) mass is 169 g/mol. The first kappa shape index (κ1) is 8.73. The maximum atomic E-state index is 11.3. The summed E-state index contributed by atoms with van der Waals surface area (Å²) in [6, 6.07) is 0. The molecule has 0 spiro atoms. The van der Waals surface area contributed by atoms with Gasteiger partial charge in [-0.05, 0) is 6.92 Å². The Kier molecular flexibility index (Phi) is 2.44. The van der Waals surface area contributed by atoms with Gasteiger partial charge in [0.2, 0.25) is 0 Å². The Bertz CT molecular complexity index is 273. The first-order valence-corrected chi connectivity index (χ1v) is 3.48. The molecule has 0 unspecified atom stereocenters. The second-order valence-electron chi connectivity index (χ2n) is 2.42. The van der Waals surface area contributed by atoms with Gasteiger partial charge in [0.05, 0.1) is 19.1 Å². The van der Waals surface area contributed by atoms with Gasteiger partial charge in [-0.3, -0.25) is 9.63 Å². The Morgan fingerprint density at radius 1 is 1.75 bits per heavy atom. The highest BCUT2D eigenvalue weighted by atomic mass is 16.6. The molecule has 0 aliphatic heterocycles. The number of imidazole rings is 1. The van der Waals surface area contributed by atoms with Crippen LogP contribution in [0.2, 0.25) is 0 Å². The maximum absolute atomic E-state index is 11.3. The number of carbonyl (C=O) groups excluding carboxylic acids is 1. The number of rotatable bonds is 2. The molecule has 5 nitrogen and oxygen atoms in total. The van der Waals surface area contributed by atoms with Crippen LogP contribution in [-0.2, 0) is 11.9 Å². The summed E-state index contributed by atoms with van der Waals surface area (Å²) in [5.41, 5.74) is 3.43. The minimum absolute atomic E-state index is 0.282. The van der Waals surface area contributed by atoms with E-state index in [0.29, 0.717) is 11.4 Å². The number of aryl methyl sites for hydroxylation is 2. The third-order valence-corrected chi connectivity index (χ3v) is 1.53. The van der Waals surface area contributed by atoms with Crippen LogP contribution < -0.4 is 5.48 Å². The number of nitrogens with zero attached hydrogens (tertiary/aromatic N) is 2. The maximum Gasteiger partial charge on any atom is 0.293 e. The minimum atomic E-state index is -0.282. The van der Waals surface area contributed by atoms with E-state index in [1.807, 2.05) is 0 Å². The third-order valence-electron chi connectivity index (χ3n) is 1.53.